The molecule has 1 unspecified atom stereocenters. The summed E-state index contributed by atoms with van der Waals surface area (Å²) in [6, 6.07) is 0. The van der Waals surface area contributed by atoms with Gasteiger partial charge in [-0.15, -0.1) is 0 Å². The normalized spacial score (nSPS) is 23.0. The van der Waals surface area contributed by atoms with Gasteiger partial charge in [-0.05, 0) is 25.4 Å². The Hall–Kier alpha value is -0.130. The fourth-order valence-corrected chi connectivity index (χ4v) is 1.53. The summed E-state index contributed by atoms with van der Waals surface area (Å²) in [7, 11) is -3.67. The smallest absolute Gasteiger partial charge is 0.261 e. The summed E-state index contributed by atoms with van der Waals surface area (Å²) in [6.45, 7) is 8.49. The lowest BCUT2D eigenvalue weighted by atomic mass is 10.1. The Morgan fingerprint density at radius 1 is 1.43 bits per heavy atom. The Balaban J connectivity index is 0.000000292. The third-order valence-electron chi connectivity index (χ3n) is 2.39. The molecule has 1 fully saturated rings. The van der Waals surface area contributed by atoms with Crippen LogP contribution in [0.4, 0.5) is 0 Å². The first-order valence-electron chi connectivity index (χ1n) is 5.01. The fraction of sp³-hybridized carbons (Fsp3) is 1.00. The molecule has 86 valence electrons. The highest BCUT2D eigenvalue weighted by atomic mass is 32.2. The predicted molar refractivity (Wildman–Crippen MR) is 58.0 cm³/mol. The van der Waals surface area contributed by atoms with Crippen LogP contribution < -0.4 is 0 Å². The highest BCUT2D eigenvalue weighted by Gasteiger charge is 2.18. The van der Waals surface area contributed by atoms with Crippen LogP contribution in [0, 0.1) is 5.92 Å². The third-order valence-corrected chi connectivity index (χ3v) is 2.39. The van der Waals surface area contributed by atoms with Crippen LogP contribution in [0.3, 0.4) is 0 Å². The van der Waals surface area contributed by atoms with E-state index < -0.39 is 10.1 Å². The number of rotatable bonds is 2. The quantitative estimate of drug-likeness (QED) is 0.716. The van der Waals surface area contributed by atoms with E-state index >= 15 is 0 Å². The monoisotopic (exact) mass is 223 g/mol. The van der Waals surface area contributed by atoms with Gasteiger partial charge in [0.1, 0.15) is 0 Å². The summed E-state index contributed by atoms with van der Waals surface area (Å²) in [6.07, 6.45) is 3.52. The van der Waals surface area contributed by atoms with Gasteiger partial charge in [0.05, 0.1) is 6.26 Å². The molecule has 0 aliphatic carbocycles. The molecule has 0 radical (unpaired) electrons. The van der Waals surface area contributed by atoms with Crippen molar-refractivity contribution in [2.45, 2.75) is 26.7 Å². The molecule has 4 nitrogen and oxygen atoms in total. The van der Waals surface area contributed by atoms with Crippen LogP contribution in [0.5, 0.6) is 0 Å². The van der Waals surface area contributed by atoms with Gasteiger partial charge in [0.25, 0.3) is 10.1 Å². The molecule has 1 aliphatic heterocycles. The number of hydrogen-bond acceptors (Lipinski definition) is 3. The van der Waals surface area contributed by atoms with Crippen LogP contribution in [-0.4, -0.2) is 43.8 Å². The SMILES string of the molecule is CCC1CCN(CC)C1.CS(=O)(=O)O. The van der Waals surface area contributed by atoms with Gasteiger partial charge < -0.3 is 4.90 Å². The maximum Gasteiger partial charge on any atom is 0.261 e. The van der Waals surface area contributed by atoms with Crippen LogP contribution in [0.25, 0.3) is 0 Å². The molecule has 1 N–H and O–H groups in total. The summed E-state index contributed by atoms with van der Waals surface area (Å²) in [5.41, 5.74) is 0. The molecule has 5 heteroatoms. The predicted octanol–water partition coefficient (Wildman–Crippen LogP) is 1.24. The van der Waals surface area contributed by atoms with Gasteiger partial charge in [-0.2, -0.15) is 8.42 Å². The molecule has 14 heavy (non-hydrogen) atoms. The van der Waals surface area contributed by atoms with Crippen molar-refractivity contribution >= 4 is 10.1 Å². The van der Waals surface area contributed by atoms with Crippen molar-refractivity contribution in [3.05, 3.63) is 0 Å². The van der Waals surface area contributed by atoms with Crippen LogP contribution in [0.2, 0.25) is 0 Å². The van der Waals surface area contributed by atoms with Gasteiger partial charge in [0.2, 0.25) is 0 Å². The molecule has 0 spiro atoms. The van der Waals surface area contributed by atoms with Gasteiger partial charge in [-0.3, -0.25) is 4.55 Å². The van der Waals surface area contributed by atoms with Crippen LogP contribution in [0.1, 0.15) is 26.7 Å². The summed E-state index contributed by atoms with van der Waals surface area (Å²) < 4.78 is 25.9. The molecule has 0 aromatic rings. The fourth-order valence-electron chi connectivity index (χ4n) is 1.53. The summed E-state index contributed by atoms with van der Waals surface area (Å²) >= 11 is 0. The molecule has 1 rings (SSSR count). The van der Waals surface area contributed by atoms with Crippen LogP contribution >= 0.6 is 0 Å². The zero-order valence-corrected chi connectivity index (χ0v) is 10.0. The van der Waals surface area contributed by atoms with Crippen molar-refractivity contribution < 1.29 is 13.0 Å². The van der Waals surface area contributed by atoms with Crippen LogP contribution in [-0.2, 0) is 10.1 Å². The molecular formula is C9H21NO3S. The van der Waals surface area contributed by atoms with Crippen molar-refractivity contribution in [3.8, 4) is 0 Å². The van der Waals surface area contributed by atoms with Crippen molar-refractivity contribution in [1.29, 1.82) is 0 Å². The number of likely N-dealkylation sites (tertiary alicyclic amines) is 1. The Morgan fingerprint density at radius 2 is 1.93 bits per heavy atom. The lowest BCUT2D eigenvalue weighted by molar-refractivity contribution is 0.340. The molecular weight excluding hydrogens is 202 g/mol. The highest BCUT2D eigenvalue weighted by molar-refractivity contribution is 7.85. The van der Waals surface area contributed by atoms with Gasteiger partial charge in [0, 0.05) is 6.54 Å². The van der Waals surface area contributed by atoms with E-state index in [0.717, 1.165) is 5.92 Å². The van der Waals surface area contributed by atoms with Gasteiger partial charge in [-0.1, -0.05) is 20.3 Å². The van der Waals surface area contributed by atoms with E-state index in [-0.39, 0.29) is 0 Å². The highest BCUT2D eigenvalue weighted by Crippen LogP contribution is 2.17. The number of hydrogen-bond donors (Lipinski definition) is 1. The lowest BCUT2D eigenvalue weighted by Gasteiger charge is -2.11. The zero-order valence-electron chi connectivity index (χ0n) is 9.23. The van der Waals surface area contributed by atoms with E-state index in [4.69, 9.17) is 4.55 Å². The second kappa shape index (κ2) is 6.37. The Morgan fingerprint density at radius 3 is 2.14 bits per heavy atom. The second-order valence-electron chi connectivity index (χ2n) is 3.69. The molecule has 0 amide bonds. The molecule has 1 heterocycles. The minimum Gasteiger partial charge on any atom is -0.303 e. The molecule has 1 aliphatic rings. The minimum atomic E-state index is -3.67. The first kappa shape index (κ1) is 13.9. The van der Waals surface area contributed by atoms with E-state index in [1.807, 2.05) is 0 Å². The minimum absolute atomic E-state index is 0.715. The Labute approximate surface area is 87.0 Å². The average Bonchev–Trinajstić information content (AvgIpc) is 2.48. The molecule has 0 bridgehead atoms. The topological polar surface area (TPSA) is 57.6 Å². The largest absolute Gasteiger partial charge is 0.303 e. The standard InChI is InChI=1S/C8H17N.CH4O3S/c1-3-8-5-6-9(4-2)7-8;1-5(2,3)4/h8H,3-7H2,1-2H3;1H3,(H,2,3,4). The summed E-state index contributed by atoms with van der Waals surface area (Å²) in [5, 5.41) is 0. The first-order valence-corrected chi connectivity index (χ1v) is 6.86. The molecule has 0 aromatic heterocycles. The van der Waals surface area contributed by atoms with Crippen molar-refractivity contribution in [1.82, 2.24) is 4.90 Å². The van der Waals surface area contributed by atoms with Gasteiger partial charge >= 0.3 is 0 Å². The van der Waals surface area contributed by atoms with E-state index in [9.17, 15) is 8.42 Å². The van der Waals surface area contributed by atoms with Crippen molar-refractivity contribution in [3.63, 3.8) is 0 Å². The lowest BCUT2D eigenvalue weighted by Crippen LogP contribution is -2.19. The van der Waals surface area contributed by atoms with E-state index in [2.05, 4.69) is 18.7 Å². The van der Waals surface area contributed by atoms with Gasteiger partial charge in [-0.25, -0.2) is 0 Å². The van der Waals surface area contributed by atoms with E-state index in [1.165, 1.54) is 32.5 Å². The Bertz CT molecular complexity index is 220. The van der Waals surface area contributed by atoms with Gasteiger partial charge in [0.15, 0.2) is 0 Å². The summed E-state index contributed by atoms with van der Waals surface area (Å²) in [4.78, 5) is 2.54. The maximum atomic E-state index is 9.19. The first-order chi connectivity index (χ1) is 6.36. The average molecular weight is 223 g/mol. The van der Waals surface area contributed by atoms with Crippen LogP contribution in [0.15, 0.2) is 0 Å². The van der Waals surface area contributed by atoms with E-state index in [0.29, 0.717) is 6.26 Å². The summed E-state index contributed by atoms with van der Waals surface area (Å²) in [5.74, 6) is 1.00. The molecule has 0 aromatic carbocycles. The maximum absolute atomic E-state index is 9.19. The molecule has 0 saturated carbocycles. The van der Waals surface area contributed by atoms with E-state index in [1.54, 1.807) is 0 Å². The third kappa shape index (κ3) is 8.47. The van der Waals surface area contributed by atoms with Crippen molar-refractivity contribution in [2.75, 3.05) is 25.9 Å². The zero-order chi connectivity index (χ0) is 11.2. The van der Waals surface area contributed by atoms with Crippen molar-refractivity contribution in [2.24, 2.45) is 5.92 Å². The second-order valence-corrected chi connectivity index (χ2v) is 5.16. The Kier molecular flexibility index (Phi) is 6.31. The number of nitrogens with zero attached hydrogens (tertiary/aromatic N) is 1. The molecule has 1 saturated heterocycles. The molecule has 1 atom stereocenters.